The SMILES string of the molecule is CC[C@H](C)S(=O)(=O)NCCC(C)C(=O)[C@@H]1CC1(C(N)=O)C(=O)NCCC1CCN(C(=O)OC(C)(C)C)CC1. The van der Waals surface area contributed by atoms with Crippen molar-refractivity contribution in [2.75, 3.05) is 26.2 Å². The predicted molar refractivity (Wildman–Crippen MR) is 143 cm³/mol. The average Bonchev–Trinajstić information content (AvgIpc) is 3.59. The van der Waals surface area contributed by atoms with Gasteiger partial charge in [0.15, 0.2) is 0 Å². The molecule has 0 aromatic rings. The lowest BCUT2D eigenvalue weighted by Crippen LogP contribution is -2.44. The van der Waals surface area contributed by atoms with Crippen LogP contribution in [-0.4, -0.2) is 74.0 Å². The molecule has 1 aliphatic carbocycles. The van der Waals surface area contributed by atoms with Gasteiger partial charge < -0.3 is 20.7 Å². The van der Waals surface area contributed by atoms with E-state index in [-0.39, 0.29) is 31.3 Å². The molecular formula is C26H46N4O7S. The monoisotopic (exact) mass is 558 g/mol. The smallest absolute Gasteiger partial charge is 0.410 e. The average molecular weight is 559 g/mol. The largest absolute Gasteiger partial charge is 0.444 e. The Labute approximate surface area is 227 Å². The van der Waals surface area contributed by atoms with E-state index >= 15 is 0 Å². The minimum absolute atomic E-state index is 0.0736. The lowest BCUT2D eigenvalue weighted by atomic mass is 9.91. The number of sulfonamides is 1. The number of carbonyl (C=O) groups is 4. The number of Topliss-reactive ketones (excluding diaryl/α,β-unsaturated/α-hetero) is 1. The fraction of sp³-hybridized carbons (Fsp3) is 0.846. The number of likely N-dealkylation sites (tertiary alicyclic amines) is 1. The van der Waals surface area contributed by atoms with E-state index in [0.717, 1.165) is 12.8 Å². The number of amides is 3. The zero-order valence-electron chi connectivity index (χ0n) is 23.7. The third-order valence-electron chi connectivity index (χ3n) is 7.72. The number of nitrogens with two attached hydrogens (primary N) is 1. The second-order valence-electron chi connectivity index (χ2n) is 11.8. The van der Waals surface area contributed by atoms with Gasteiger partial charge in [-0.3, -0.25) is 14.4 Å². The highest BCUT2D eigenvalue weighted by molar-refractivity contribution is 7.90. The molecule has 218 valence electrons. The lowest BCUT2D eigenvalue weighted by Gasteiger charge is -2.33. The van der Waals surface area contributed by atoms with Crippen molar-refractivity contribution in [1.82, 2.24) is 14.9 Å². The topological polar surface area (TPSA) is 165 Å². The number of ether oxygens (including phenoxy) is 1. The Morgan fingerprint density at radius 2 is 1.71 bits per heavy atom. The Morgan fingerprint density at radius 1 is 1.11 bits per heavy atom. The van der Waals surface area contributed by atoms with E-state index < -0.39 is 49.9 Å². The molecule has 0 radical (unpaired) electrons. The molecule has 0 aromatic carbocycles. The number of hydrogen-bond acceptors (Lipinski definition) is 7. The highest BCUT2D eigenvalue weighted by Gasteiger charge is 2.67. The van der Waals surface area contributed by atoms with Gasteiger partial charge >= 0.3 is 6.09 Å². The molecule has 4 atom stereocenters. The van der Waals surface area contributed by atoms with Crippen molar-refractivity contribution in [3.63, 3.8) is 0 Å². The maximum atomic E-state index is 13.0. The number of nitrogens with one attached hydrogen (secondary N) is 2. The van der Waals surface area contributed by atoms with E-state index in [4.69, 9.17) is 10.5 Å². The zero-order valence-corrected chi connectivity index (χ0v) is 24.5. The molecule has 0 spiro atoms. The molecule has 2 aliphatic rings. The highest BCUT2D eigenvalue weighted by atomic mass is 32.2. The number of piperidine rings is 1. The second-order valence-corrected chi connectivity index (χ2v) is 14.0. The quantitative estimate of drug-likeness (QED) is 0.291. The lowest BCUT2D eigenvalue weighted by molar-refractivity contribution is -0.139. The Kier molecular flexibility index (Phi) is 10.7. The molecule has 12 heteroatoms. The predicted octanol–water partition coefficient (Wildman–Crippen LogP) is 1.94. The van der Waals surface area contributed by atoms with Gasteiger partial charge in [-0.2, -0.15) is 0 Å². The summed E-state index contributed by atoms with van der Waals surface area (Å²) in [6.07, 6.45) is 2.76. The van der Waals surface area contributed by atoms with Gasteiger partial charge in [-0.1, -0.05) is 13.8 Å². The molecule has 2 fully saturated rings. The number of ketones is 1. The van der Waals surface area contributed by atoms with Gasteiger partial charge in [0.1, 0.15) is 16.8 Å². The van der Waals surface area contributed by atoms with Gasteiger partial charge in [0.2, 0.25) is 21.8 Å². The molecular weight excluding hydrogens is 512 g/mol. The Balaban J connectivity index is 1.80. The summed E-state index contributed by atoms with van der Waals surface area (Å²) in [5.74, 6) is -2.60. The van der Waals surface area contributed by atoms with Gasteiger partial charge in [-0.25, -0.2) is 17.9 Å². The third kappa shape index (κ3) is 8.14. The summed E-state index contributed by atoms with van der Waals surface area (Å²) in [4.78, 5) is 52.1. The first-order valence-electron chi connectivity index (χ1n) is 13.6. The van der Waals surface area contributed by atoms with Crippen molar-refractivity contribution < 1.29 is 32.3 Å². The molecule has 1 heterocycles. The van der Waals surface area contributed by atoms with Crippen LogP contribution in [0.2, 0.25) is 0 Å². The summed E-state index contributed by atoms with van der Waals surface area (Å²) in [5.41, 5.74) is 3.49. The minimum Gasteiger partial charge on any atom is -0.444 e. The van der Waals surface area contributed by atoms with E-state index in [1.54, 1.807) is 25.7 Å². The Hall–Kier alpha value is -2.21. The minimum atomic E-state index is -3.45. The summed E-state index contributed by atoms with van der Waals surface area (Å²) in [6, 6.07) is 0. The van der Waals surface area contributed by atoms with Crippen LogP contribution in [0, 0.1) is 23.2 Å². The summed E-state index contributed by atoms with van der Waals surface area (Å²) in [5, 5.41) is 2.27. The van der Waals surface area contributed by atoms with Crippen LogP contribution in [0.1, 0.15) is 80.1 Å². The first-order valence-corrected chi connectivity index (χ1v) is 15.2. The van der Waals surface area contributed by atoms with Crippen molar-refractivity contribution >= 4 is 33.7 Å². The molecule has 2 rings (SSSR count). The van der Waals surface area contributed by atoms with Crippen LogP contribution in [0.3, 0.4) is 0 Å². The second kappa shape index (κ2) is 12.8. The van der Waals surface area contributed by atoms with E-state index in [2.05, 4.69) is 10.0 Å². The first-order chi connectivity index (χ1) is 17.5. The molecule has 0 bridgehead atoms. The van der Waals surface area contributed by atoms with Crippen LogP contribution in [-0.2, 0) is 29.1 Å². The molecule has 1 aliphatic heterocycles. The molecule has 0 aromatic heterocycles. The Bertz CT molecular complexity index is 986. The zero-order chi connectivity index (χ0) is 28.9. The first kappa shape index (κ1) is 32.0. The van der Waals surface area contributed by atoms with E-state index in [1.165, 1.54) is 0 Å². The number of hydrogen-bond donors (Lipinski definition) is 3. The van der Waals surface area contributed by atoms with Gasteiger partial charge in [0, 0.05) is 38.0 Å². The molecule has 1 saturated carbocycles. The highest BCUT2D eigenvalue weighted by Crippen LogP contribution is 2.54. The summed E-state index contributed by atoms with van der Waals surface area (Å²) >= 11 is 0. The third-order valence-corrected chi connectivity index (χ3v) is 9.72. The van der Waals surface area contributed by atoms with Crippen molar-refractivity contribution in [2.24, 2.45) is 28.9 Å². The van der Waals surface area contributed by atoms with Crippen LogP contribution < -0.4 is 15.8 Å². The van der Waals surface area contributed by atoms with Gasteiger partial charge in [0.25, 0.3) is 0 Å². The Morgan fingerprint density at radius 3 is 2.24 bits per heavy atom. The van der Waals surface area contributed by atoms with E-state index in [0.29, 0.717) is 38.4 Å². The van der Waals surface area contributed by atoms with Crippen molar-refractivity contribution in [3.05, 3.63) is 0 Å². The van der Waals surface area contributed by atoms with Crippen LogP contribution >= 0.6 is 0 Å². The fourth-order valence-corrected chi connectivity index (χ4v) is 5.91. The summed E-state index contributed by atoms with van der Waals surface area (Å²) in [6.45, 7) is 12.2. The molecule has 1 saturated heterocycles. The maximum Gasteiger partial charge on any atom is 0.410 e. The van der Waals surface area contributed by atoms with Crippen molar-refractivity contribution in [3.8, 4) is 0 Å². The summed E-state index contributed by atoms with van der Waals surface area (Å²) < 4.78 is 32.2. The van der Waals surface area contributed by atoms with Gasteiger partial charge in [-0.05, 0) is 72.1 Å². The normalized spacial score (nSPS) is 23.8. The number of nitrogens with zero attached hydrogens (tertiary/aromatic N) is 1. The molecule has 2 unspecified atom stereocenters. The molecule has 11 nitrogen and oxygen atoms in total. The van der Waals surface area contributed by atoms with Gasteiger partial charge in [-0.15, -0.1) is 0 Å². The molecule has 4 N–H and O–H groups in total. The molecule has 38 heavy (non-hydrogen) atoms. The molecule has 3 amide bonds. The maximum absolute atomic E-state index is 13.0. The number of primary amides is 1. The van der Waals surface area contributed by atoms with Crippen LogP contribution in [0.15, 0.2) is 0 Å². The van der Waals surface area contributed by atoms with Crippen LogP contribution in [0.5, 0.6) is 0 Å². The summed E-state index contributed by atoms with van der Waals surface area (Å²) in [7, 11) is -3.45. The van der Waals surface area contributed by atoms with Crippen LogP contribution in [0.25, 0.3) is 0 Å². The van der Waals surface area contributed by atoms with Crippen molar-refractivity contribution in [2.45, 2.75) is 90.9 Å². The number of rotatable bonds is 13. The standard InChI is InChI=1S/C26H46N4O7S/c1-7-18(3)38(35,36)29-13-8-17(2)21(31)20-16-26(20,22(27)32)23(33)28-12-9-19-10-14-30(15-11-19)24(34)37-25(4,5)6/h17-20,29H,7-16H2,1-6H3,(H2,27,32)(H,28,33)/t17?,18-,20-,26?/m0/s1. The fourth-order valence-electron chi connectivity index (χ4n) is 4.78. The van der Waals surface area contributed by atoms with Gasteiger partial charge in [0.05, 0.1) is 5.25 Å². The van der Waals surface area contributed by atoms with Crippen molar-refractivity contribution in [1.29, 1.82) is 0 Å². The van der Waals surface area contributed by atoms with E-state index in [9.17, 15) is 27.6 Å². The van der Waals surface area contributed by atoms with Crippen LogP contribution in [0.4, 0.5) is 4.79 Å². The number of carbonyl (C=O) groups excluding carboxylic acids is 4. The van der Waals surface area contributed by atoms with E-state index in [1.807, 2.05) is 20.8 Å².